The number of ether oxygens (including phenoxy) is 1. The number of nitrogens with zero attached hydrogens (tertiary/aromatic N) is 3. The SMILES string of the molecule is CCOc1cccc2sc(N3CCN(C(=O)Cc4ccc(C(C)C)cc4)CC3)nc12. The van der Waals surface area contributed by atoms with E-state index in [0.717, 1.165) is 52.8 Å². The van der Waals surface area contributed by atoms with Crippen molar-refractivity contribution in [2.45, 2.75) is 33.1 Å². The summed E-state index contributed by atoms with van der Waals surface area (Å²) < 4.78 is 6.86. The van der Waals surface area contributed by atoms with Crippen molar-refractivity contribution in [3.05, 3.63) is 53.6 Å². The molecule has 1 aliphatic rings. The number of carbonyl (C=O) groups is 1. The van der Waals surface area contributed by atoms with Gasteiger partial charge in [0.05, 0.1) is 17.7 Å². The van der Waals surface area contributed by atoms with Crippen LogP contribution in [0.5, 0.6) is 5.75 Å². The molecule has 1 saturated heterocycles. The summed E-state index contributed by atoms with van der Waals surface area (Å²) in [5.74, 6) is 1.56. The molecule has 0 radical (unpaired) electrons. The molecule has 1 fully saturated rings. The summed E-state index contributed by atoms with van der Waals surface area (Å²) in [4.78, 5) is 21.9. The molecule has 0 unspecified atom stereocenters. The average molecular weight is 424 g/mol. The molecule has 4 rings (SSSR count). The highest BCUT2D eigenvalue weighted by atomic mass is 32.1. The zero-order valence-corrected chi connectivity index (χ0v) is 18.7. The molecule has 0 saturated carbocycles. The molecule has 0 atom stereocenters. The first-order valence-electron chi connectivity index (χ1n) is 10.7. The Hall–Kier alpha value is -2.60. The average Bonchev–Trinajstić information content (AvgIpc) is 3.20. The van der Waals surface area contributed by atoms with E-state index >= 15 is 0 Å². The molecule has 5 nitrogen and oxygen atoms in total. The van der Waals surface area contributed by atoms with Crippen molar-refractivity contribution < 1.29 is 9.53 Å². The van der Waals surface area contributed by atoms with Gasteiger partial charge in [0, 0.05) is 26.2 Å². The van der Waals surface area contributed by atoms with Gasteiger partial charge in [-0.2, -0.15) is 0 Å². The number of benzene rings is 2. The van der Waals surface area contributed by atoms with E-state index in [1.165, 1.54) is 5.56 Å². The molecule has 2 heterocycles. The maximum atomic E-state index is 12.8. The summed E-state index contributed by atoms with van der Waals surface area (Å²) in [5, 5.41) is 1.01. The van der Waals surface area contributed by atoms with Gasteiger partial charge in [-0.15, -0.1) is 0 Å². The van der Waals surface area contributed by atoms with Crippen molar-refractivity contribution in [2.75, 3.05) is 37.7 Å². The molecule has 0 N–H and O–H groups in total. The van der Waals surface area contributed by atoms with Gasteiger partial charge >= 0.3 is 0 Å². The second-order valence-corrected chi connectivity index (χ2v) is 8.98. The number of anilines is 1. The minimum atomic E-state index is 0.204. The van der Waals surface area contributed by atoms with E-state index in [1.54, 1.807) is 11.3 Å². The van der Waals surface area contributed by atoms with E-state index in [9.17, 15) is 4.79 Å². The van der Waals surface area contributed by atoms with E-state index in [-0.39, 0.29) is 5.91 Å². The van der Waals surface area contributed by atoms with Crippen LogP contribution in [0, 0.1) is 0 Å². The third-order valence-electron chi connectivity index (χ3n) is 5.58. The molecule has 1 amide bonds. The van der Waals surface area contributed by atoms with Crippen LogP contribution >= 0.6 is 11.3 Å². The maximum absolute atomic E-state index is 12.8. The zero-order chi connectivity index (χ0) is 21.1. The molecule has 0 bridgehead atoms. The van der Waals surface area contributed by atoms with Crippen LogP contribution in [0.25, 0.3) is 10.2 Å². The fourth-order valence-corrected chi connectivity index (χ4v) is 4.81. The van der Waals surface area contributed by atoms with Crippen LogP contribution in [-0.2, 0) is 11.2 Å². The number of hydrogen-bond acceptors (Lipinski definition) is 5. The number of para-hydroxylation sites is 1. The topological polar surface area (TPSA) is 45.7 Å². The largest absolute Gasteiger partial charge is 0.492 e. The fourth-order valence-electron chi connectivity index (χ4n) is 3.77. The standard InChI is InChI=1S/C24H29N3O2S/c1-4-29-20-6-5-7-21-23(20)25-24(30-21)27-14-12-26(13-15-27)22(28)16-18-8-10-19(11-9-18)17(2)3/h5-11,17H,4,12-16H2,1-3H3. The Balaban J connectivity index is 1.37. The molecular formula is C24H29N3O2S. The van der Waals surface area contributed by atoms with Gasteiger partial charge < -0.3 is 14.5 Å². The lowest BCUT2D eigenvalue weighted by molar-refractivity contribution is -0.130. The van der Waals surface area contributed by atoms with Gasteiger partial charge in [-0.05, 0) is 36.1 Å². The number of amides is 1. The van der Waals surface area contributed by atoms with Crippen LogP contribution in [0.4, 0.5) is 5.13 Å². The highest BCUT2D eigenvalue weighted by Gasteiger charge is 2.23. The van der Waals surface area contributed by atoms with E-state index < -0.39 is 0 Å². The summed E-state index contributed by atoms with van der Waals surface area (Å²) >= 11 is 1.69. The maximum Gasteiger partial charge on any atom is 0.227 e. The molecule has 6 heteroatoms. The Labute approximate surface area is 182 Å². The first-order valence-corrected chi connectivity index (χ1v) is 11.5. The second-order valence-electron chi connectivity index (χ2n) is 7.97. The molecular weight excluding hydrogens is 394 g/mol. The number of fused-ring (bicyclic) bond motifs is 1. The Bertz CT molecular complexity index is 1000. The molecule has 2 aromatic carbocycles. The van der Waals surface area contributed by atoms with E-state index in [1.807, 2.05) is 24.0 Å². The van der Waals surface area contributed by atoms with Crippen LogP contribution in [0.15, 0.2) is 42.5 Å². The minimum Gasteiger partial charge on any atom is -0.492 e. The van der Waals surface area contributed by atoms with Crippen LogP contribution in [0.3, 0.4) is 0 Å². The predicted octanol–water partition coefficient (Wildman–Crippen LogP) is 4.71. The summed E-state index contributed by atoms with van der Waals surface area (Å²) in [6, 6.07) is 14.5. The van der Waals surface area contributed by atoms with Gasteiger partial charge in [-0.3, -0.25) is 4.79 Å². The van der Waals surface area contributed by atoms with Gasteiger partial charge in [0.25, 0.3) is 0 Å². The van der Waals surface area contributed by atoms with E-state index in [0.29, 0.717) is 18.9 Å². The summed E-state index contributed by atoms with van der Waals surface area (Å²) in [5.41, 5.74) is 3.33. The highest BCUT2D eigenvalue weighted by molar-refractivity contribution is 7.22. The molecule has 158 valence electrons. The number of rotatable bonds is 6. The van der Waals surface area contributed by atoms with Crippen molar-refractivity contribution in [1.82, 2.24) is 9.88 Å². The fraction of sp³-hybridized carbons (Fsp3) is 0.417. The summed E-state index contributed by atoms with van der Waals surface area (Å²) in [7, 11) is 0. The van der Waals surface area contributed by atoms with Crippen molar-refractivity contribution >= 4 is 32.6 Å². The van der Waals surface area contributed by atoms with Crippen molar-refractivity contribution in [2.24, 2.45) is 0 Å². The summed E-state index contributed by atoms with van der Waals surface area (Å²) in [6.45, 7) is 10.1. The van der Waals surface area contributed by atoms with Gasteiger partial charge in [0.1, 0.15) is 11.3 Å². The number of carbonyl (C=O) groups excluding carboxylic acids is 1. The molecule has 0 aliphatic carbocycles. The lowest BCUT2D eigenvalue weighted by atomic mass is 10.0. The second kappa shape index (κ2) is 9.04. The van der Waals surface area contributed by atoms with Crippen molar-refractivity contribution in [3.8, 4) is 5.75 Å². The van der Waals surface area contributed by atoms with Crippen molar-refractivity contribution in [3.63, 3.8) is 0 Å². The number of aromatic nitrogens is 1. The molecule has 30 heavy (non-hydrogen) atoms. The molecule has 0 spiro atoms. The first kappa shape index (κ1) is 20.7. The number of piperazine rings is 1. The van der Waals surface area contributed by atoms with Crippen LogP contribution < -0.4 is 9.64 Å². The van der Waals surface area contributed by atoms with Crippen LogP contribution in [-0.4, -0.2) is 48.6 Å². The lowest BCUT2D eigenvalue weighted by Gasteiger charge is -2.34. The van der Waals surface area contributed by atoms with Gasteiger partial charge in [-0.25, -0.2) is 4.98 Å². The highest BCUT2D eigenvalue weighted by Crippen LogP contribution is 2.34. The van der Waals surface area contributed by atoms with E-state index in [2.05, 4.69) is 49.1 Å². The van der Waals surface area contributed by atoms with Gasteiger partial charge in [0.15, 0.2) is 5.13 Å². The zero-order valence-electron chi connectivity index (χ0n) is 17.9. The number of hydrogen-bond donors (Lipinski definition) is 0. The third-order valence-corrected chi connectivity index (χ3v) is 6.66. The van der Waals surface area contributed by atoms with Gasteiger partial charge in [-0.1, -0.05) is 55.5 Å². The first-order chi connectivity index (χ1) is 14.5. The van der Waals surface area contributed by atoms with Crippen molar-refractivity contribution in [1.29, 1.82) is 0 Å². The Kier molecular flexibility index (Phi) is 6.23. The van der Waals surface area contributed by atoms with Gasteiger partial charge in [0.2, 0.25) is 5.91 Å². The molecule has 1 aliphatic heterocycles. The lowest BCUT2D eigenvalue weighted by Crippen LogP contribution is -2.49. The Morgan fingerprint density at radius 1 is 1.10 bits per heavy atom. The molecule has 1 aromatic heterocycles. The minimum absolute atomic E-state index is 0.204. The van der Waals surface area contributed by atoms with Crippen LogP contribution in [0.2, 0.25) is 0 Å². The quantitative estimate of drug-likeness (QED) is 0.576. The number of thiazole rings is 1. The smallest absolute Gasteiger partial charge is 0.227 e. The Morgan fingerprint density at radius 3 is 2.50 bits per heavy atom. The summed E-state index contributed by atoms with van der Waals surface area (Å²) in [6.07, 6.45) is 0.469. The van der Waals surface area contributed by atoms with E-state index in [4.69, 9.17) is 9.72 Å². The monoisotopic (exact) mass is 423 g/mol. The predicted molar refractivity (Wildman–Crippen MR) is 124 cm³/mol. The Morgan fingerprint density at radius 2 is 1.83 bits per heavy atom. The van der Waals surface area contributed by atoms with Crippen LogP contribution in [0.1, 0.15) is 37.8 Å². The third kappa shape index (κ3) is 4.43. The normalized spacial score (nSPS) is 14.5. The molecule has 3 aromatic rings.